The fourth-order valence-corrected chi connectivity index (χ4v) is 6.46. The molecule has 0 N–H and O–H groups in total. The van der Waals surface area contributed by atoms with E-state index in [-0.39, 0.29) is 34.2 Å². The van der Waals surface area contributed by atoms with Crippen LogP contribution >= 0.6 is 0 Å². The molecule has 1 aliphatic carbocycles. The van der Waals surface area contributed by atoms with Crippen LogP contribution in [0.4, 0.5) is 4.79 Å². The highest BCUT2D eigenvalue weighted by molar-refractivity contribution is 7.90. The molecule has 1 fully saturated rings. The Morgan fingerprint density at radius 1 is 1.15 bits per heavy atom. The van der Waals surface area contributed by atoms with Crippen molar-refractivity contribution < 1.29 is 22.7 Å². The SMILES string of the molecule is C=CC=C(C=C)OC(=O)OC1CC(CC)C(c2nnc3cnc4c(ccn4S(=O)(=O)c4ccc(C)cc4)n23)C1. The van der Waals surface area contributed by atoms with E-state index in [4.69, 9.17) is 9.47 Å². The van der Waals surface area contributed by atoms with Gasteiger partial charge in [-0.15, -0.1) is 10.2 Å². The van der Waals surface area contributed by atoms with Gasteiger partial charge in [0.25, 0.3) is 10.0 Å². The summed E-state index contributed by atoms with van der Waals surface area (Å²) in [6, 6.07) is 8.39. The Bertz CT molecular complexity index is 1700. The first-order valence-corrected chi connectivity index (χ1v) is 14.1. The number of nitrogens with zero attached hydrogens (tertiary/aromatic N) is 5. The van der Waals surface area contributed by atoms with Gasteiger partial charge in [0.15, 0.2) is 11.3 Å². The predicted molar refractivity (Wildman–Crippen MR) is 146 cm³/mol. The van der Waals surface area contributed by atoms with E-state index in [2.05, 4.69) is 35.3 Å². The summed E-state index contributed by atoms with van der Waals surface area (Å²) in [5, 5.41) is 8.78. The average Bonchev–Trinajstić information content (AvgIpc) is 3.64. The molecule has 202 valence electrons. The molecule has 3 unspecified atom stereocenters. The van der Waals surface area contributed by atoms with Crippen LogP contribution in [0.25, 0.3) is 16.8 Å². The van der Waals surface area contributed by atoms with Crippen molar-refractivity contribution in [3.05, 3.63) is 91.3 Å². The molecule has 0 bridgehead atoms. The molecule has 0 spiro atoms. The Labute approximate surface area is 226 Å². The molecule has 0 amide bonds. The van der Waals surface area contributed by atoms with Crippen molar-refractivity contribution in [1.29, 1.82) is 0 Å². The van der Waals surface area contributed by atoms with Crippen LogP contribution in [-0.2, 0) is 19.5 Å². The smallest absolute Gasteiger partial charge is 0.431 e. The van der Waals surface area contributed by atoms with Gasteiger partial charge in [-0.2, -0.15) is 0 Å². The lowest BCUT2D eigenvalue weighted by atomic mass is 9.93. The Balaban J connectivity index is 1.48. The molecule has 5 rings (SSSR count). The van der Waals surface area contributed by atoms with E-state index >= 15 is 0 Å². The van der Waals surface area contributed by atoms with Crippen molar-refractivity contribution >= 4 is 33.0 Å². The number of aromatic nitrogens is 5. The molecule has 1 aliphatic rings. The van der Waals surface area contributed by atoms with Crippen molar-refractivity contribution in [3.8, 4) is 0 Å². The highest BCUT2D eigenvalue weighted by Gasteiger charge is 2.39. The second-order valence-corrected chi connectivity index (χ2v) is 11.3. The number of aryl methyl sites for hydroxylation is 1. The van der Waals surface area contributed by atoms with E-state index in [1.807, 2.05) is 11.3 Å². The normalized spacial score (nSPS) is 19.8. The molecule has 0 saturated heterocycles. The zero-order valence-electron chi connectivity index (χ0n) is 21.7. The zero-order chi connectivity index (χ0) is 27.7. The summed E-state index contributed by atoms with van der Waals surface area (Å²) in [6.07, 6.45) is 8.25. The number of hydrogen-bond donors (Lipinski definition) is 0. The molecule has 3 heterocycles. The third-order valence-electron chi connectivity index (χ3n) is 7.09. The zero-order valence-corrected chi connectivity index (χ0v) is 22.5. The summed E-state index contributed by atoms with van der Waals surface area (Å²) in [6.45, 7) is 11.2. The maximum atomic E-state index is 13.4. The lowest BCUT2D eigenvalue weighted by molar-refractivity contribution is 0.0433. The summed E-state index contributed by atoms with van der Waals surface area (Å²) in [5.74, 6) is 1.01. The first-order valence-electron chi connectivity index (χ1n) is 12.6. The lowest BCUT2D eigenvalue weighted by Crippen LogP contribution is -2.16. The van der Waals surface area contributed by atoms with Gasteiger partial charge in [0, 0.05) is 12.1 Å². The number of hydrogen-bond acceptors (Lipinski definition) is 8. The average molecular weight is 548 g/mol. The van der Waals surface area contributed by atoms with Crippen molar-refractivity contribution in [3.63, 3.8) is 0 Å². The fourth-order valence-electron chi connectivity index (χ4n) is 5.16. The van der Waals surface area contributed by atoms with E-state index in [9.17, 15) is 13.2 Å². The minimum Gasteiger partial charge on any atom is -0.431 e. The van der Waals surface area contributed by atoms with E-state index in [1.54, 1.807) is 30.3 Å². The van der Waals surface area contributed by atoms with Crippen LogP contribution < -0.4 is 0 Å². The second-order valence-electron chi connectivity index (χ2n) is 9.50. The highest BCUT2D eigenvalue weighted by atomic mass is 32.2. The van der Waals surface area contributed by atoms with Gasteiger partial charge >= 0.3 is 6.16 Å². The van der Waals surface area contributed by atoms with Gasteiger partial charge in [-0.1, -0.05) is 50.3 Å². The van der Waals surface area contributed by atoms with Crippen LogP contribution in [0.2, 0.25) is 0 Å². The Morgan fingerprint density at radius 3 is 2.62 bits per heavy atom. The summed E-state index contributed by atoms with van der Waals surface area (Å²) in [7, 11) is -3.87. The maximum absolute atomic E-state index is 13.4. The van der Waals surface area contributed by atoms with E-state index in [0.29, 0.717) is 29.8 Å². The van der Waals surface area contributed by atoms with Gasteiger partial charge in [-0.25, -0.2) is 22.2 Å². The monoisotopic (exact) mass is 547 g/mol. The van der Waals surface area contributed by atoms with E-state index < -0.39 is 16.2 Å². The molecule has 1 aromatic carbocycles. The predicted octanol–water partition coefficient (Wildman–Crippen LogP) is 5.31. The molecule has 3 atom stereocenters. The minimum atomic E-state index is -3.87. The third kappa shape index (κ3) is 4.85. The maximum Gasteiger partial charge on any atom is 0.514 e. The fraction of sp³-hybridized carbons (Fsp3) is 0.286. The minimum absolute atomic E-state index is 0.0759. The van der Waals surface area contributed by atoms with Crippen LogP contribution in [-0.4, -0.2) is 44.2 Å². The molecule has 0 aliphatic heterocycles. The van der Waals surface area contributed by atoms with Gasteiger partial charge in [-0.05, 0) is 56.0 Å². The van der Waals surface area contributed by atoms with Gasteiger partial charge < -0.3 is 9.47 Å². The molecule has 39 heavy (non-hydrogen) atoms. The van der Waals surface area contributed by atoms with Crippen molar-refractivity contribution in [2.45, 2.75) is 50.0 Å². The molecule has 3 aromatic heterocycles. The number of rotatable bonds is 8. The van der Waals surface area contributed by atoms with Crippen molar-refractivity contribution in [2.75, 3.05) is 0 Å². The molecular weight excluding hydrogens is 518 g/mol. The van der Waals surface area contributed by atoms with Gasteiger partial charge in [0.05, 0.1) is 16.6 Å². The first-order chi connectivity index (χ1) is 18.8. The molecular formula is C28H29N5O5S. The van der Waals surface area contributed by atoms with Crippen LogP contribution in [0.15, 0.2) is 84.8 Å². The van der Waals surface area contributed by atoms with Crippen LogP contribution in [0, 0.1) is 12.8 Å². The van der Waals surface area contributed by atoms with E-state index in [0.717, 1.165) is 12.0 Å². The number of ether oxygens (including phenoxy) is 2. The van der Waals surface area contributed by atoms with E-state index in [1.165, 1.54) is 34.6 Å². The number of carbonyl (C=O) groups is 1. The molecule has 10 nitrogen and oxygen atoms in total. The van der Waals surface area contributed by atoms with Gasteiger partial charge in [0.2, 0.25) is 0 Å². The molecule has 4 aromatic rings. The third-order valence-corrected chi connectivity index (χ3v) is 8.78. The Morgan fingerprint density at radius 2 is 1.92 bits per heavy atom. The van der Waals surface area contributed by atoms with Crippen molar-refractivity contribution in [2.24, 2.45) is 5.92 Å². The van der Waals surface area contributed by atoms with Crippen LogP contribution in [0.5, 0.6) is 0 Å². The Kier molecular flexibility index (Phi) is 7.09. The standard InChI is InChI=1S/C28H29N5O5S/c1-5-8-20(7-3)37-28(34)38-21-15-19(6-2)23(16-21)26-31-30-25-17-29-27-24(33(25)26)13-14-32(27)39(35,36)22-11-9-18(4)10-12-22/h5,7-14,17,19,21,23H,1,3,6,15-16H2,2,4H3. The first kappa shape index (κ1) is 26.4. The largest absolute Gasteiger partial charge is 0.514 e. The number of benzene rings is 1. The van der Waals surface area contributed by atoms with Crippen molar-refractivity contribution in [1.82, 2.24) is 23.6 Å². The highest BCUT2D eigenvalue weighted by Crippen LogP contribution is 2.43. The molecule has 1 saturated carbocycles. The molecule has 11 heteroatoms. The number of fused-ring (bicyclic) bond motifs is 3. The number of allylic oxidation sites excluding steroid dienone is 3. The van der Waals surface area contributed by atoms with Crippen LogP contribution in [0.3, 0.4) is 0 Å². The second kappa shape index (κ2) is 10.5. The van der Waals surface area contributed by atoms with Crippen LogP contribution in [0.1, 0.15) is 43.5 Å². The lowest BCUT2D eigenvalue weighted by Gasteiger charge is -2.15. The Hall–Kier alpha value is -4.25. The summed E-state index contributed by atoms with van der Waals surface area (Å²) < 4.78 is 40.7. The topological polar surface area (TPSA) is 118 Å². The summed E-state index contributed by atoms with van der Waals surface area (Å²) >= 11 is 0. The molecule has 0 radical (unpaired) electrons. The van der Waals surface area contributed by atoms with Gasteiger partial charge in [-0.3, -0.25) is 4.40 Å². The van der Waals surface area contributed by atoms with Gasteiger partial charge in [0.1, 0.15) is 17.7 Å². The quantitative estimate of drug-likeness (QED) is 0.166. The summed E-state index contributed by atoms with van der Waals surface area (Å²) in [4.78, 5) is 17.0. The number of carbonyl (C=O) groups excluding carboxylic acids is 1. The summed E-state index contributed by atoms with van der Waals surface area (Å²) in [5.41, 5.74) is 2.32.